The first-order chi connectivity index (χ1) is 9.24. The van der Waals surface area contributed by atoms with Gasteiger partial charge in [0.1, 0.15) is 0 Å². The number of hydrazone groups is 1. The number of nitrogens with zero attached hydrogens (tertiary/aromatic N) is 1. The first-order valence-electron chi connectivity index (χ1n) is 5.75. The van der Waals surface area contributed by atoms with E-state index in [4.69, 9.17) is 5.73 Å². The summed E-state index contributed by atoms with van der Waals surface area (Å²) in [5.41, 5.74) is 10.8. The Kier molecular flexibility index (Phi) is 4.47. The topological polar surface area (TPSA) is 62.4 Å². The van der Waals surface area contributed by atoms with Crippen LogP contribution in [0.2, 0.25) is 0 Å². The van der Waals surface area contributed by atoms with E-state index < -0.39 is 0 Å². The monoisotopic (exact) mass is 270 g/mol. The average molecular weight is 270 g/mol. The summed E-state index contributed by atoms with van der Waals surface area (Å²) >= 11 is 4.66. The molecule has 0 aliphatic carbocycles. The van der Waals surface area contributed by atoms with Crippen molar-refractivity contribution in [3.05, 3.63) is 60.2 Å². The smallest absolute Gasteiger partial charge is 0.184 e. The summed E-state index contributed by atoms with van der Waals surface area (Å²) in [6.07, 6.45) is 1.66. The standard InChI is InChI=1S/C14H14N4S/c15-14(19)18-16-10-11-5-4-8-13(9-11)17-12-6-2-1-3-7-12/h1-10,17H,(H3,15,18,19)/b16-10+. The fourth-order valence-electron chi connectivity index (χ4n) is 1.56. The number of nitrogens with two attached hydrogens (primary N) is 1. The number of para-hydroxylation sites is 1. The van der Waals surface area contributed by atoms with Crippen LogP contribution in [0.1, 0.15) is 5.56 Å². The Labute approximate surface area is 117 Å². The minimum absolute atomic E-state index is 0.148. The summed E-state index contributed by atoms with van der Waals surface area (Å²) in [4.78, 5) is 0. The van der Waals surface area contributed by atoms with Crippen LogP contribution in [0.5, 0.6) is 0 Å². The highest BCUT2D eigenvalue weighted by molar-refractivity contribution is 7.80. The van der Waals surface area contributed by atoms with E-state index in [-0.39, 0.29) is 5.11 Å². The van der Waals surface area contributed by atoms with Gasteiger partial charge in [0.05, 0.1) is 6.21 Å². The second-order valence-electron chi connectivity index (χ2n) is 3.85. The minimum atomic E-state index is 0.148. The number of hydrogen-bond donors (Lipinski definition) is 3. The zero-order chi connectivity index (χ0) is 13.5. The number of anilines is 2. The van der Waals surface area contributed by atoms with Gasteiger partial charge < -0.3 is 11.1 Å². The maximum atomic E-state index is 5.28. The molecule has 4 nitrogen and oxygen atoms in total. The molecule has 0 bridgehead atoms. The second kappa shape index (κ2) is 6.51. The van der Waals surface area contributed by atoms with E-state index in [1.807, 2.05) is 54.6 Å². The van der Waals surface area contributed by atoms with Crippen molar-refractivity contribution in [3.8, 4) is 0 Å². The molecule has 2 rings (SSSR count). The summed E-state index contributed by atoms with van der Waals surface area (Å²) in [6, 6.07) is 17.8. The van der Waals surface area contributed by atoms with E-state index in [9.17, 15) is 0 Å². The zero-order valence-electron chi connectivity index (χ0n) is 10.2. The van der Waals surface area contributed by atoms with Crippen molar-refractivity contribution in [2.45, 2.75) is 0 Å². The van der Waals surface area contributed by atoms with Crippen LogP contribution >= 0.6 is 12.2 Å². The third-order valence-corrected chi connectivity index (χ3v) is 2.43. The van der Waals surface area contributed by atoms with Crippen LogP contribution in [-0.2, 0) is 0 Å². The van der Waals surface area contributed by atoms with Crippen molar-refractivity contribution >= 4 is 34.9 Å². The summed E-state index contributed by atoms with van der Waals surface area (Å²) in [5, 5.41) is 7.38. The van der Waals surface area contributed by atoms with Crippen LogP contribution in [0.4, 0.5) is 11.4 Å². The van der Waals surface area contributed by atoms with E-state index in [1.54, 1.807) is 6.21 Å². The minimum Gasteiger partial charge on any atom is -0.375 e. The van der Waals surface area contributed by atoms with E-state index >= 15 is 0 Å². The lowest BCUT2D eigenvalue weighted by molar-refractivity contribution is 1.04. The van der Waals surface area contributed by atoms with Crippen molar-refractivity contribution in [2.24, 2.45) is 10.8 Å². The maximum absolute atomic E-state index is 5.28. The molecular weight excluding hydrogens is 256 g/mol. The molecule has 0 fully saturated rings. The fraction of sp³-hybridized carbons (Fsp3) is 0. The van der Waals surface area contributed by atoms with Gasteiger partial charge in [0.2, 0.25) is 0 Å². The van der Waals surface area contributed by atoms with Crippen molar-refractivity contribution < 1.29 is 0 Å². The van der Waals surface area contributed by atoms with Crippen molar-refractivity contribution in [1.29, 1.82) is 0 Å². The number of benzene rings is 2. The Morgan fingerprint density at radius 2 is 1.79 bits per heavy atom. The lowest BCUT2D eigenvalue weighted by Crippen LogP contribution is -2.23. The van der Waals surface area contributed by atoms with E-state index in [1.165, 1.54) is 0 Å². The lowest BCUT2D eigenvalue weighted by Gasteiger charge is -2.06. The Morgan fingerprint density at radius 1 is 1.05 bits per heavy atom. The highest BCUT2D eigenvalue weighted by atomic mass is 32.1. The highest BCUT2D eigenvalue weighted by Gasteiger charge is 1.95. The van der Waals surface area contributed by atoms with Gasteiger partial charge in [0.15, 0.2) is 5.11 Å². The van der Waals surface area contributed by atoms with E-state index in [0.29, 0.717) is 0 Å². The van der Waals surface area contributed by atoms with Gasteiger partial charge >= 0.3 is 0 Å². The summed E-state index contributed by atoms with van der Waals surface area (Å²) < 4.78 is 0. The fourth-order valence-corrected chi connectivity index (χ4v) is 1.61. The quantitative estimate of drug-likeness (QED) is 0.454. The molecule has 0 amide bonds. The molecule has 5 heteroatoms. The van der Waals surface area contributed by atoms with Gasteiger partial charge in [-0.25, -0.2) is 0 Å². The number of hydrogen-bond acceptors (Lipinski definition) is 3. The average Bonchev–Trinajstić information content (AvgIpc) is 2.40. The summed E-state index contributed by atoms with van der Waals surface area (Å²) in [5.74, 6) is 0. The molecule has 19 heavy (non-hydrogen) atoms. The largest absolute Gasteiger partial charge is 0.375 e. The van der Waals surface area contributed by atoms with Crippen LogP contribution in [0, 0.1) is 0 Å². The van der Waals surface area contributed by atoms with Gasteiger partial charge in [-0.3, -0.25) is 5.43 Å². The molecule has 0 saturated heterocycles. The molecule has 96 valence electrons. The molecule has 0 saturated carbocycles. The van der Waals surface area contributed by atoms with Gasteiger partial charge in [0, 0.05) is 11.4 Å². The number of rotatable bonds is 4. The van der Waals surface area contributed by atoms with Crippen molar-refractivity contribution in [1.82, 2.24) is 5.43 Å². The predicted octanol–water partition coefficient (Wildman–Crippen LogP) is 2.60. The molecule has 2 aromatic rings. The van der Waals surface area contributed by atoms with Gasteiger partial charge in [-0.2, -0.15) is 5.10 Å². The van der Waals surface area contributed by atoms with Crippen LogP contribution in [-0.4, -0.2) is 11.3 Å². The molecule has 0 aliphatic rings. The van der Waals surface area contributed by atoms with Gasteiger partial charge in [-0.15, -0.1) is 0 Å². The van der Waals surface area contributed by atoms with Gasteiger partial charge in [-0.1, -0.05) is 30.3 Å². The Balaban J connectivity index is 2.07. The van der Waals surface area contributed by atoms with Gasteiger partial charge in [-0.05, 0) is 42.0 Å². The molecule has 0 aromatic heterocycles. The Hall–Kier alpha value is -2.40. The third-order valence-electron chi connectivity index (χ3n) is 2.34. The number of nitrogens with one attached hydrogen (secondary N) is 2. The lowest BCUT2D eigenvalue weighted by atomic mass is 10.2. The van der Waals surface area contributed by atoms with Crippen LogP contribution in [0.25, 0.3) is 0 Å². The van der Waals surface area contributed by atoms with Crippen molar-refractivity contribution in [2.75, 3.05) is 5.32 Å². The summed E-state index contributed by atoms with van der Waals surface area (Å²) in [7, 11) is 0. The molecular formula is C14H14N4S. The first-order valence-corrected chi connectivity index (χ1v) is 6.15. The highest BCUT2D eigenvalue weighted by Crippen LogP contribution is 2.16. The molecule has 0 spiro atoms. The van der Waals surface area contributed by atoms with Crippen LogP contribution in [0.3, 0.4) is 0 Å². The molecule has 0 heterocycles. The maximum Gasteiger partial charge on any atom is 0.184 e. The van der Waals surface area contributed by atoms with Gasteiger partial charge in [0.25, 0.3) is 0 Å². The molecule has 0 unspecified atom stereocenters. The van der Waals surface area contributed by atoms with Crippen LogP contribution in [0.15, 0.2) is 59.7 Å². The molecule has 0 radical (unpaired) electrons. The van der Waals surface area contributed by atoms with Crippen molar-refractivity contribution in [3.63, 3.8) is 0 Å². The third kappa shape index (κ3) is 4.40. The Morgan fingerprint density at radius 3 is 2.53 bits per heavy atom. The number of thiocarbonyl (C=S) groups is 1. The first kappa shape index (κ1) is 13.0. The van der Waals surface area contributed by atoms with E-state index in [2.05, 4.69) is 28.1 Å². The normalized spacial score (nSPS) is 10.3. The molecule has 0 aliphatic heterocycles. The summed E-state index contributed by atoms with van der Waals surface area (Å²) in [6.45, 7) is 0. The Bertz CT molecular complexity index is 581. The predicted molar refractivity (Wildman–Crippen MR) is 83.7 cm³/mol. The van der Waals surface area contributed by atoms with Crippen LogP contribution < -0.4 is 16.5 Å². The molecule has 2 aromatic carbocycles. The molecule has 0 atom stereocenters. The zero-order valence-corrected chi connectivity index (χ0v) is 11.0. The molecule has 4 N–H and O–H groups in total. The second-order valence-corrected chi connectivity index (χ2v) is 4.29. The SMILES string of the molecule is NC(=S)N/N=C/c1cccc(Nc2ccccc2)c1. The van der Waals surface area contributed by atoms with E-state index in [0.717, 1.165) is 16.9 Å².